The third kappa shape index (κ3) is 4.87. The van der Waals surface area contributed by atoms with Gasteiger partial charge in [-0.15, -0.1) is 0 Å². The molecule has 5 atom stereocenters. The third-order valence-electron chi connectivity index (χ3n) is 9.47. The van der Waals surface area contributed by atoms with Gasteiger partial charge in [0.2, 0.25) is 0 Å². The molecule has 2 amide bonds. The highest BCUT2D eigenvalue weighted by atomic mass is 16.4. The number of carboxylic acid groups (broad SMARTS) is 2. The van der Waals surface area contributed by atoms with E-state index in [1.165, 1.54) is 55.9 Å². The molecule has 4 saturated carbocycles. The second-order valence-electron chi connectivity index (χ2n) is 11.5. The van der Waals surface area contributed by atoms with Crippen molar-refractivity contribution in [3.05, 3.63) is 24.3 Å². The van der Waals surface area contributed by atoms with Gasteiger partial charge in [-0.05, 0) is 79.7 Å². The summed E-state index contributed by atoms with van der Waals surface area (Å²) in [4.78, 5) is 49.3. The Kier molecular flexibility index (Phi) is 7.04. The van der Waals surface area contributed by atoms with Crippen molar-refractivity contribution in [1.82, 2.24) is 0 Å². The lowest BCUT2D eigenvalue weighted by atomic mass is 9.54. The third-order valence-corrected chi connectivity index (χ3v) is 9.47. The first kappa shape index (κ1) is 24.8. The number of benzene rings is 1. The molecule has 0 radical (unpaired) electrons. The minimum atomic E-state index is -1.65. The van der Waals surface area contributed by atoms with Gasteiger partial charge in [0.05, 0.1) is 11.4 Å². The maximum absolute atomic E-state index is 13.0. The number of carboxylic acids is 2. The molecule has 0 aliphatic heterocycles. The first-order valence-electron chi connectivity index (χ1n) is 13.5. The number of anilines is 2. The number of rotatable bonds is 4. The fourth-order valence-corrected chi connectivity index (χ4v) is 8.38. The van der Waals surface area contributed by atoms with Gasteiger partial charge in [-0.25, -0.2) is 9.59 Å². The van der Waals surface area contributed by atoms with Crippen molar-refractivity contribution in [2.75, 3.05) is 10.2 Å². The Hall–Kier alpha value is -2.90. The van der Waals surface area contributed by atoms with Gasteiger partial charge >= 0.3 is 23.8 Å². The van der Waals surface area contributed by atoms with E-state index in [1.54, 1.807) is 18.2 Å². The van der Waals surface area contributed by atoms with Crippen LogP contribution < -0.4 is 10.2 Å². The molecule has 4 fully saturated rings. The van der Waals surface area contributed by atoms with Crippen LogP contribution in [0.2, 0.25) is 0 Å². The number of hydrogen-bond acceptors (Lipinski definition) is 4. The second-order valence-corrected chi connectivity index (χ2v) is 11.5. The molecule has 1 aromatic rings. The summed E-state index contributed by atoms with van der Waals surface area (Å²) in [5, 5.41) is 21.1. The molecule has 0 aromatic heterocycles. The van der Waals surface area contributed by atoms with E-state index in [1.807, 2.05) is 0 Å². The van der Waals surface area contributed by atoms with Crippen molar-refractivity contribution >= 4 is 35.1 Å². The Morgan fingerprint density at radius 2 is 1.36 bits per heavy atom. The smallest absolute Gasteiger partial charge is 0.394 e. The zero-order chi connectivity index (χ0) is 25.4. The molecule has 194 valence electrons. The molecule has 4 aliphatic rings. The molecule has 1 aromatic carbocycles. The number of nitrogens with zero attached hydrogens (tertiary/aromatic N) is 1. The van der Waals surface area contributed by atoms with E-state index in [9.17, 15) is 24.3 Å². The van der Waals surface area contributed by atoms with Crippen molar-refractivity contribution in [3.63, 3.8) is 0 Å². The quantitative estimate of drug-likeness (QED) is 0.526. The summed E-state index contributed by atoms with van der Waals surface area (Å²) in [6.07, 6.45) is 13.0. The molecule has 36 heavy (non-hydrogen) atoms. The highest BCUT2D eigenvalue weighted by Crippen LogP contribution is 2.55. The van der Waals surface area contributed by atoms with Crippen LogP contribution in [0.15, 0.2) is 24.3 Å². The molecule has 0 spiro atoms. The van der Waals surface area contributed by atoms with Gasteiger partial charge in [0, 0.05) is 6.04 Å². The van der Waals surface area contributed by atoms with Gasteiger partial charge in [0.1, 0.15) is 0 Å². The van der Waals surface area contributed by atoms with Gasteiger partial charge < -0.3 is 15.5 Å². The van der Waals surface area contributed by atoms with E-state index in [4.69, 9.17) is 5.11 Å². The van der Waals surface area contributed by atoms with Crippen LogP contribution >= 0.6 is 0 Å². The number of aliphatic carboxylic acids is 2. The lowest BCUT2D eigenvalue weighted by molar-refractivity contribution is -0.149. The van der Waals surface area contributed by atoms with Gasteiger partial charge in [0.25, 0.3) is 0 Å². The van der Waals surface area contributed by atoms with Gasteiger partial charge in [-0.2, -0.15) is 0 Å². The monoisotopic (exact) mass is 496 g/mol. The summed E-state index contributed by atoms with van der Waals surface area (Å²) in [5.41, 5.74) is 0.375. The molecular weight excluding hydrogens is 460 g/mol. The van der Waals surface area contributed by atoms with E-state index in [-0.39, 0.29) is 17.4 Å². The number of fused-ring (bicyclic) bond motifs is 4. The van der Waals surface area contributed by atoms with Crippen LogP contribution in [0.25, 0.3) is 0 Å². The lowest BCUT2D eigenvalue weighted by Gasteiger charge is -2.53. The fraction of sp³-hybridized carbons (Fsp3) is 0.643. The van der Waals surface area contributed by atoms with Crippen molar-refractivity contribution in [2.24, 2.45) is 35.5 Å². The van der Waals surface area contributed by atoms with Crippen LogP contribution in [0.1, 0.15) is 70.6 Å². The summed E-state index contributed by atoms with van der Waals surface area (Å²) in [7, 11) is 0. The number of amides is 2. The molecule has 5 rings (SSSR count). The van der Waals surface area contributed by atoms with Crippen molar-refractivity contribution < 1.29 is 29.4 Å². The Labute approximate surface area is 211 Å². The summed E-state index contributed by atoms with van der Waals surface area (Å²) in [6.45, 7) is 0. The zero-order valence-electron chi connectivity index (χ0n) is 20.6. The maximum Gasteiger partial charge on any atom is 0.394 e. The second kappa shape index (κ2) is 10.2. The maximum atomic E-state index is 13.0. The fourth-order valence-electron chi connectivity index (χ4n) is 8.38. The standard InChI is InChI=1S/C28H36N2O6/c31-25(27(33)34)29-22-9-1-2-10-23(22)30(26(32)28(35)36)21-14-18-7-4-8-19(15-21)24(18)20-12-16-5-3-6-17(11-16)13-20/h1-2,9-10,16-21,24H,3-8,11-15H2,(H,29,31)(H,33,34)(H,35,36)/t16-,17?,18?,19?,20+,21?,24?/m0/s1. The van der Waals surface area contributed by atoms with Crippen LogP contribution in [0.3, 0.4) is 0 Å². The number of carbonyl (C=O) groups excluding carboxylic acids is 2. The number of carbonyl (C=O) groups is 4. The number of nitrogens with one attached hydrogen (secondary N) is 1. The Morgan fingerprint density at radius 1 is 0.750 bits per heavy atom. The average Bonchev–Trinajstić information content (AvgIpc) is 2.84. The van der Waals surface area contributed by atoms with Crippen LogP contribution in [0, 0.1) is 35.5 Å². The van der Waals surface area contributed by atoms with E-state index >= 15 is 0 Å². The van der Waals surface area contributed by atoms with E-state index in [2.05, 4.69) is 5.32 Å². The molecule has 8 nitrogen and oxygen atoms in total. The van der Waals surface area contributed by atoms with Crippen molar-refractivity contribution in [3.8, 4) is 0 Å². The molecule has 4 aliphatic carbocycles. The first-order chi connectivity index (χ1) is 17.3. The van der Waals surface area contributed by atoms with E-state index in [0.29, 0.717) is 17.8 Å². The molecular formula is C28H36N2O6. The first-order valence-corrected chi connectivity index (χ1v) is 13.5. The zero-order valence-corrected chi connectivity index (χ0v) is 20.6. The summed E-state index contributed by atoms with van der Waals surface area (Å²) in [6, 6.07) is 6.08. The minimum Gasteiger partial charge on any atom is -0.474 e. The minimum absolute atomic E-state index is 0.131. The average molecular weight is 497 g/mol. The number of para-hydroxylation sites is 2. The van der Waals surface area contributed by atoms with E-state index < -0.39 is 23.8 Å². The Balaban J connectivity index is 1.42. The molecule has 4 bridgehead atoms. The normalized spacial score (nSPS) is 33.3. The van der Waals surface area contributed by atoms with Gasteiger partial charge in [-0.1, -0.05) is 50.7 Å². The Bertz CT molecular complexity index is 1010. The summed E-state index contributed by atoms with van der Waals surface area (Å²) < 4.78 is 0. The molecule has 8 heteroatoms. The predicted octanol–water partition coefficient (Wildman–Crippen LogP) is 4.54. The largest absolute Gasteiger partial charge is 0.474 e. The van der Waals surface area contributed by atoms with Crippen LogP contribution in [-0.2, 0) is 19.2 Å². The molecule has 3 unspecified atom stereocenters. The van der Waals surface area contributed by atoms with Crippen molar-refractivity contribution in [2.45, 2.75) is 76.7 Å². The van der Waals surface area contributed by atoms with Crippen LogP contribution in [0.4, 0.5) is 11.4 Å². The summed E-state index contributed by atoms with van der Waals surface area (Å²) in [5.74, 6) is -1.47. The molecule has 3 N–H and O–H groups in total. The SMILES string of the molecule is O=C(O)C(=O)Nc1ccccc1N(C(=O)C(=O)O)C1CC2CCCC(C1)C2[C@H]1CC2CCC[C@@H](C2)C1. The van der Waals surface area contributed by atoms with Gasteiger partial charge in [0.15, 0.2) is 0 Å². The van der Waals surface area contributed by atoms with Crippen molar-refractivity contribution in [1.29, 1.82) is 0 Å². The molecule has 0 saturated heterocycles. The topological polar surface area (TPSA) is 124 Å². The van der Waals surface area contributed by atoms with Crippen LogP contribution in [0.5, 0.6) is 0 Å². The van der Waals surface area contributed by atoms with Gasteiger partial charge in [-0.3, -0.25) is 14.5 Å². The highest BCUT2D eigenvalue weighted by molar-refractivity contribution is 6.39. The Morgan fingerprint density at radius 3 is 1.97 bits per heavy atom. The summed E-state index contributed by atoms with van der Waals surface area (Å²) >= 11 is 0. The molecule has 0 heterocycles. The number of hydrogen-bond donors (Lipinski definition) is 3. The highest BCUT2D eigenvalue weighted by Gasteiger charge is 2.48. The predicted molar refractivity (Wildman–Crippen MR) is 133 cm³/mol. The van der Waals surface area contributed by atoms with Crippen LogP contribution in [-0.4, -0.2) is 40.0 Å². The lowest BCUT2D eigenvalue weighted by Crippen LogP contribution is -2.52. The van der Waals surface area contributed by atoms with E-state index in [0.717, 1.165) is 43.4 Å².